The predicted molar refractivity (Wildman–Crippen MR) is 106 cm³/mol. The lowest BCUT2D eigenvalue weighted by atomic mass is 10.1. The molecule has 0 spiro atoms. The van der Waals surface area contributed by atoms with Crippen LogP contribution in [0.2, 0.25) is 0 Å². The Labute approximate surface area is 166 Å². The van der Waals surface area contributed by atoms with Crippen molar-refractivity contribution in [2.45, 2.75) is 11.3 Å². The van der Waals surface area contributed by atoms with Crippen LogP contribution in [0.1, 0.15) is 21.9 Å². The summed E-state index contributed by atoms with van der Waals surface area (Å²) in [5, 5.41) is 7.61. The van der Waals surface area contributed by atoms with Gasteiger partial charge in [-0.3, -0.25) is 9.59 Å². The molecule has 0 atom stereocenters. The lowest BCUT2D eigenvalue weighted by molar-refractivity contribution is 0.102. The van der Waals surface area contributed by atoms with E-state index >= 15 is 0 Å². The van der Waals surface area contributed by atoms with Gasteiger partial charge in [0.15, 0.2) is 0 Å². The maximum Gasteiger partial charge on any atom is 0.274 e. The van der Waals surface area contributed by atoms with Crippen molar-refractivity contribution in [3.05, 3.63) is 82.0 Å². The SMILES string of the molecule is COc1ccc(Cc2nc(C(=O)Nc3ccc(S(N)(=O)=O)cc3)cc(=O)[nH]2)cc1. The molecule has 0 aliphatic heterocycles. The second-order valence-electron chi connectivity index (χ2n) is 6.13. The second kappa shape index (κ2) is 8.25. The normalized spacial score (nSPS) is 11.1. The molecule has 3 rings (SSSR count). The Morgan fingerprint density at radius 2 is 1.79 bits per heavy atom. The van der Waals surface area contributed by atoms with Crippen LogP contribution in [0.15, 0.2) is 64.3 Å². The van der Waals surface area contributed by atoms with Gasteiger partial charge in [-0.15, -0.1) is 0 Å². The minimum Gasteiger partial charge on any atom is -0.497 e. The number of nitrogens with two attached hydrogens (primary N) is 1. The molecule has 0 aliphatic carbocycles. The number of carbonyl (C=O) groups is 1. The van der Waals surface area contributed by atoms with E-state index in [9.17, 15) is 18.0 Å². The van der Waals surface area contributed by atoms with Crippen molar-refractivity contribution in [1.82, 2.24) is 9.97 Å². The molecule has 0 fully saturated rings. The number of carbonyl (C=O) groups excluding carboxylic acids is 1. The Morgan fingerprint density at radius 1 is 1.14 bits per heavy atom. The van der Waals surface area contributed by atoms with Crippen LogP contribution in [0.3, 0.4) is 0 Å². The number of nitrogens with zero attached hydrogens (tertiary/aromatic N) is 1. The van der Waals surface area contributed by atoms with Crippen LogP contribution in [-0.2, 0) is 16.4 Å². The number of amides is 1. The summed E-state index contributed by atoms with van der Waals surface area (Å²) in [5.74, 6) is 0.435. The van der Waals surface area contributed by atoms with Crippen molar-refractivity contribution in [2.75, 3.05) is 12.4 Å². The summed E-state index contributed by atoms with van der Waals surface area (Å²) in [6.07, 6.45) is 0.323. The van der Waals surface area contributed by atoms with Crippen molar-refractivity contribution in [1.29, 1.82) is 0 Å². The molecule has 0 saturated carbocycles. The highest BCUT2D eigenvalue weighted by atomic mass is 32.2. The molecule has 0 aliphatic rings. The van der Waals surface area contributed by atoms with E-state index in [4.69, 9.17) is 9.88 Å². The number of aromatic amines is 1. The highest BCUT2D eigenvalue weighted by Crippen LogP contribution is 2.15. The summed E-state index contributed by atoms with van der Waals surface area (Å²) in [6.45, 7) is 0. The molecule has 3 aromatic rings. The van der Waals surface area contributed by atoms with Crippen molar-refractivity contribution in [3.8, 4) is 5.75 Å². The minimum atomic E-state index is -3.82. The highest BCUT2D eigenvalue weighted by molar-refractivity contribution is 7.89. The Morgan fingerprint density at radius 3 is 2.38 bits per heavy atom. The number of methoxy groups -OCH3 is 1. The average molecular weight is 414 g/mol. The van der Waals surface area contributed by atoms with E-state index in [1.54, 1.807) is 19.2 Å². The Hall–Kier alpha value is -3.50. The molecular formula is C19H18N4O5S. The van der Waals surface area contributed by atoms with E-state index in [1.165, 1.54) is 24.3 Å². The number of aromatic nitrogens is 2. The standard InChI is InChI=1S/C19H18N4O5S/c1-28-14-6-2-12(3-7-14)10-17-22-16(11-18(24)23-17)19(25)21-13-4-8-15(9-5-13)29(20,26)27/h2-9,11H,10H2,1H3,(H,21,25)(H2,20,26,27)(H,22,23,24). The molecular weight excluding hydrogens is 396 g/mol. The number of hydrogen-bond donors (Lipinski definition) is 3. The van der Waals surface area contributed by atoms with Crippen LogP contribution < -0.4 is 20.8 Å². The number of H-pyrrole nitrogens is 1. The minimum absolute atomic E-state index is 0.0622. The van der Waals surface area contributed by atoms with Gasteiger partial charge >= 0.3 is 0 Å². The van der Waals surface area contributed by atoms with Gasteiger partial charge in [0, 0.05) is 18.2 Å². The molecule has 9 nitrogen and oxygen atoms in total. The summed E-state index contributed by atoms with van der Waals surface area (Å²) >= 11 is 0. The zero-order valence-corrected chi connectivity index (χ0v) is 16.2. The van der Waals surface area contributed by atoms with E-state index in [-0.39, 0.29) is 10.6 Å². The van der Waals surface area contributed by atoms with Gasteiger partial charge in [0.25, 0.3) is 11.5 Å². The van der Waals surface area contributed by atoms with Crippen molar-refractivity contribution in [3.63, 3.8) is 0 Å². The maximum atomic E-state index is 12.5. The molecule has 10 heteroatoms. The monoisotopic (exact) mass is 414 g/mol. The summed E-state index contributed by atoms with van der Waals surface area (Å²) < 4.78 is 27.7. The first-order valence-corrected chi connectivity index (χ1v) is 9.96. The number of ether oxygens (including phenoxy) is 1. The smallest absolute Gasteiger partial charge is 0.274 e. The summed E-state index contributed by atoms with van der Waals surface area (Å²) in [7, 11) is -2.26. The van der Waals surface area contributed by atoms with Crippen molar-refractivity contribution >= 4 is 21.6 Å². The van der Waals surface area contributed by atoms with Crippen LogP contribution >= 0.6 is 0 Å². The van der Waals surface area contributed by atoms with Gasteiger partial charge in [0.1, 0.15) is 17.3 Å². The van der Waals surface area contributed by atoms with E-state index < -0.39 is 21.5 Å². The third kappa shape index (κ3) is 5.27. The Bertz CT molecular complexity index is 1190. The fraction of sp³-hybridized carbons (Fsp3) is 0.105. The van der Waals surface area contributed by atoms with E-state index in [0.717, 1.165) is 11.6 Å². The number of benzene rings is 2. The fourth-order valence-corrected chi connectivity index (χ4v) is 3.08. The van der Waals surface area contributed by atoms with Gasteiger partial charge in [0.05, 0.1) is 12.0 Å². The molecule has 0 saturated heterocycles. The molecule has 0 bridgehead atoms. The Balaban J connectivity index is 1.77. The zero-order chi connectivity index (χ0) is 21.0. The predicted octanol–water partition coefficient (Wildman–Crippen LogP) is 1.27. The van der Waals surface area contributed by atoms with E-state index in [1.807, 2.05) is 12.1 Å². The molecule has 4 N–H and O–H groups in total. The fourth-order valence-electron chi connectivity index (χ4n) is 2.57. The van der Waals surface area contributed by atoms with Gasteiger partial charge in [-0.25, -0.2) is 18.5 Å². The molecule has 2 aromatic carbocycles. The molecule has 0 radical (unpaired) electrons. The van der Waals surface area contributed by atoms with Crippen LogP contribution in [0.25, 0.3) is 0 Å². The molecule has 0 unspecified atom stereocenters. The maximum absolute atomic E-state index is 12.5. The number of rotatable bonds is 6. The Kier molecular flexibility index (Phi) is 5.76. The molecule has 29 heavy (non-hydrogen) atoms. The zero-order valence-electron chi connectivity index (χ0n) is 15.4. The van der Waals surface area contributed by atoms with E-state index in [0.29, 0.717) is 23.7 Å². The van der Waals surface area contributed by atoms with Gasteiger partial charge in [-0.05, 0) is 42.0 Å². The third-order valence-corrected chi connectivity index (χ3v) is 4.92. The summed E-state index contributed by atoms with van der Waals surface area (Å²) in [6, 6.07) is 13.6. The first-order chi connectivity index (χ1) is 13.7. The van der Waals surface area contributed by atoms with Crippen molar-refractivity contribution in [2.24, 2.45) is 5.14 Å². The summed E-state index contributed by atoms with van der Waals surface area (Å²) in [5.41, 5.74) is 0.692. The van der Waals surface area contributed by atoms with Gasteiger partial charge < -0.3 is 15.0 Å². The second-order valence-corrected chi connectivity index (χ2v) is 7.69. The number of nitrogens with one attached hydrogen (secondary N) is 2. The third-order valence-electron chi connectivity index (χ3n) is 3.99. The number of anilines is 1. The lowest BCUT2D eigenvalue weighted by Crippen LogP contribution is -2.20. The largest absolute Gasteiger partial charge is 0.497 e. The summed E-state index contributed by atoms with van der Waals surface area (Å²) in [4.78, 5) is 31.1. The van der Waals surface area contributed by atoms with Crippen molar-refractivity contribution < 1.29 is 17.9 Å². The first kappa shape index (κ1) is 20.2. The number of primary sulfonamides is 1. The lowest BCUT2D eigenvalue weighted by Gasteiger charge is -2.07. The first-order valence-electron chi connectivity index (χ1n) is 8.42. The molecule has 1 heterocycles. The number of sulfonamides is 1. The van der Waals surface area contributed by atoms with Gasteiger partial charge in [-0.1, -0.05) is 12.1 Å². The molecule has 150 valence electrons. The highest BCUT2D eigenvalue weighted by Gasteiger charge is 2.12. The van der Waals surface area contributed by atoms with E-state index in [2.05, 4.69) is 15.3 Å². The van der Waals surface area contributed by atoms with Crippen LogP contribution in [0.5, 0.6) is 5.75 Å². The quantitative estimate of drug-likeness (QED) is 0.554. The number of hydrogen-bond acceptors (Lipinski definition) is 6. The average Bonchev–Trinajstić information content (AvgIpc) is 2.68. The van der Waals surface area contributed by atoms with Crippen LogP contribution in [-0.4, -0.2) is 31.4 Å². The van der Waals surface area contributed by atoms with Crippen LogP contribution in [0, 0.1) is 0 Å². The van der Waals surface area contributed by atoms with Gasteiger partial charge in [0.2, 0.25) is 10.0 Å². The molecule has 1 amide bonds. The van der Waals surface area contributed by atoms with Gasteiger partial charge in [-0.2, -0.15) is 0 Å². The van der Waals surface area contributed by atoms with Crippen LogP contribution in [0.4, 0.5) is 5.69 Å². The topological polar surface area (TPSA) is 144 Å². The molecule has 1 aromatic heterocycles.